The van der Waals surface area contributed by atoms with Crippen molar-refractivity contribution >= 4 is 21.6 Å². The van der Waals surface area contributed by atoms with E-state index in [1.54, 1.807) is 12.1 Å². The van der Waals surface area contributed by atoms with E-state index in [0.29, 0.717) is 43.5 Å². The average molecular weight is 409 g/mol. The molecule has 2 fully saturated rings. The third-order valence-electron chi connectivity index (χ3n) is 5.60. The molecule has 1 saturated heterocycles. The molecule has 28 heavy (non-hydrogen) atoms. The topological polar surface area (TPSA) is 75.7 Å². The second-order valence-corrected chi connectivity index (χ2v) is 9.85. The van der Waals surface area contributed by atoms with E-state index in [4.69, 9.17) is 4.74 Å². The zero-order chi connectivity index (χ0) is 20.0. The minimum Gasteiger partial charge on any atom is -0.378 e. The predicted molar refractivity (Wildman–Crippen MR) is 111 cm³/mol. The third kappa shape index (κ3) is 5.47. The quantitative estimate of drug-likeness (QED) is 0.702. The van der Waals surface area contributed by atoms with Crippen LogP contribution in [0.25, 0.3) is 0 Å². The van der Waals surface area contributed by atoms with Crippen LogP contribution in [0.15, 0.2) is 18.2 Å². The summed E-state index contributed by atoms with van der Waals surface area (Å²) < 4.78 is 32.1. The number of hydrogen-bond donors (Lipinski definition) is 1. The number of amides is 1. The number of benzene rings is 1. The van der Waals surface area contributed by atoms with E-state index in [1.165, 1.54) is 23.6 Å². The molecule has 0 radical (unpaired) electrons. The van der Waals surface area contributed by atoms with E-state index in [9.17, 15) is 13.2 Å². The van der Waals surface area contributed by atoms with Crippen LogP contribution in [0.3, 0.4) is 0 Å². The maximum atomic E-state index is 12.5. The van der Waals surface area contributed by atoms with Gasteiger partial charge in [0.1, 0.15) is 0 Å². The number of nitrogens with one attached hydrogen (secondary N) is 1. The molecule has 1 aromatic carbocycles. The molecule has 2 aliphatic rings. The Morgan fingerprint density at radius 1 is 1.18 bits per heavy atom. The molecular weight excluding hydrogens is 376 g/mol. The Morgan fingerprint density at radius 3 is 2.71 bits per heavy atom. The number of sulfonamides is 1. The van der Waals surface area contributed by atoms with Crippen molar-refractivity contribution in [2.75, 3.05) is 29.8 Å². The highest BCUT2D eigenvalue weighted by atomic mass is 32.2. The van der Waals surface area contributed by atoms with Gasteiger partial charge in [0.2, 0.25) is 10.0 Å². The Kier molecular flexibility index (Phi) is 7.35. The lowest BCUT2D eigenvalue weighted by atomic mass is 9.98. The number of nitrogens with zero attached hydrogens (tertiary/aromatic N) is 1. The molecular formula is C21H32N2O4S. The summed E-state index contributed by atoms with van der Waals surface area (Å²) in [6, 6.07) is 5.27. The highest BCUT2D eigenvalue weighted by molar-refractivity contribution is 7.92. The van der Waals surface area contributed by atoms with Crippen LogP contribution >= 0.6 is 0 Å². The van der Waals surface area contributed by atoms with Gasteiger partial charge in [0.05, 0.1) is 17.5 Å². The number of hydrogen-bond acceptors (Lipinski definition) is 4. The summed E-state index contributed by atoms with van der Waals surface area (Å²) in [5.41, 5.74) is 1.98. The Balaban J connectivity index is 1.52. The van der Waals surface area contributed by atoms with Crippen molar-refractivity contribution in [1.82, 2.24) is 5.32 Å². The lowest BCUT2D eigenvalue weighted by Crippen LogP contribution is -2.38. The van der Waals surface area contributed by atoms with Crippen molar-refractivity contribution in [1.29, 1.82) is 0 Å². The van der Waals surface area contributed by atoms with Gasteiger partial charge in [-0.2, -0.15) is 0 Å². The number of rotatable bonds is 7. The normalized spacial score (nSPS) is 20.1. The van der Waals surface area contributed by atoms with Gasteiger partial charge >= 0.3 is 0 Å². The van der Waals surface area contributed by atoms with Gasteiger partial charge in [-0.15, -0.1) is 0 Å². The van der Waals surface area contributed by atoms with Crippen molar-refractivity contribution in [2.45, 2.75) is 64.4 Å². The van der Waals surface area contributed by atoms with Gasteiger partial charge in [0.25, 0.3) is 5.91 Å². The number of aryl methyl sites for hydroxylation is 1. The molecule has 6 nitrogen and oxygen atoms in total. The van der Waals surface area contributed by atoms with Crippen LogP contribution < -0.4 is 9.62 Å². The molecule has 0 atom stereocenters. The van der Waals surface area contributed by atoms with Crippen LogP contribution in [-0.4, -0.2) is 45.9 Å². The van der Waals surface area contributed by atoms with Gasteiger partial charge in [0.15, 0.2) is 0 Å². The summed E-state index contributed by atoms with van der Waals surface area (Å²) in [4.78, 5) is 12.5. The van der Waals surface area contributed by atoms with Gasteiger partial charge in [0, 0.05) is 25.3 Å². The standard InChI is InChI=1S/C21H32N2O4S/c1-17-10-11-18(16-20(17)23-13-5-6-15-28(23,25)26)21(24)22-12-7-14-27-19-8-3-2-4-9-19/h10-11,16,19H,2-9,12-15H2,1H3,(H,22,24). The summed E-state index contributed by atoms with van der Waals surface area (Å²) in [7, 11) is -3.29. The molecule has 1 aliphatic heterocycles. The zero-order valence-corrected chi connectivity index (χ0v) is 17.6. The molecule has 1 heterocycles. The number of ether oxygens (including phenoxy) is 1. The third-order valence-corrected chi connectivity index (χ3v) is 7.46. The Labute approximate surface area is 168 Å². The molecule has 0 bridgehead atoms. The molecule has 0 spiro atoms. The smallest absolute Gasteiger partial charge is 0.251 e. The van der Waals surface area contributed by atoms with E-state index in [-0.39, 0.29) is 11.7 Å². The summed E-state index contributed by atoms with van der Waals surface area (Å²) in [6.45, 7) is 3.57. The van der Waals surface area contributed by atoms with Crippen molar-refractivity contribution in [3.05, 3.63) is 29.3 Å². The molecule has 156 valence electrons. The van der Waals surface area contributed by atoms with Gasteiger partial charge < -0.3 is 10.1 Å². The first-order chi connectivity index (χ1) is 13.5. The first kappa shape index (κ1) is 21.1. The van der Waals surface area contributed by atoms with E-state index < -0.39 is 10.0 Å². The lowest BCUT2D eigenvalue weighted by molar-refractivity contribution is 0.0273. The first-order valence-corrected chi connectivity index (χ1v) is 12.1. The van der Waals surface area contributed by atoms with Crippen LogP contribution in [0.1, 0.15) is 67.3 Å². The zero-order valence-electron chi connectivity index (χ0n) is 16.8. The van der Waals surface area contributed by atoms with Crippen LogP contribution in [0, 0.1) is 6.92 Å². The summed E-state index contributed by atoms with van der Waals surface area (Å²) in [5.74, 6) is -0.00235. The fourth-order valence-electron chi connectivity index (χ4n) is 3.94. The molecule has 1 N–H and O–H groups in total. The number of carbonyl (C=O) groups excluding carboxylic acids is 1. The van der Waals surface area contributed by atoms with E-state index in [0.717, 1.165) is 31.2 Å². The van der Waals surface area contributed by atoms with Gasteiger partial charge in [-0.3, -0.25) is 9.10 Å². The molecule has 1 aliphatic carbocycles. The molecule has 1 aromatic rings. The number of carbonyl (C=O) groups is 1. The molecule has 3 rings (SSSR count). The summed E-state index contributed by atoms with van der Waals surface area (Å²) in [5, 5.41) is 2.92. The molecule has 7 heteroatoms. The van der Waals surface area contributed by atoms with Gasteiger partial charge in [-0.25, -0.2) is 8.42 Å². The van der Waals surface area contributed by atoms with Gasteiger partial charge in [-0.05, 0) is 56.7 Å². The van der Waals surface area contributed by atoms with Crippen LogP contribution in [0.5, 0.6) is 0 Å². The highest BCUT2D eigenvalue weighted by Crippen LogP contribution is 2.28. The van der Waals surface area contributed by atoms with Crippen molar-refractivity contribution in [3.8, 4) is 0 Å². The minimum atomic E-state index is -3.29. The van der Waals surface area contributed by atoms with E-state index in [1.807, 2.05) is 13.0 Å². The maximum absolute atomic E-state index is 12.5. The van der Waals surface area contributed by atoms with Crippen LogP contribution in [0.2, 0.25) is 0 Å². The molecule has 0 unspecified atom stereocenters. The molecule has 1 amide bonds. The summed E-state index contributed by atoms with van der Waals surface area (Å²) >= 11 is 0. The first-order valence-electron chi connectivity index (χ1n) is 10.5. The van der Waals surface area contributed by atoms with Crippen molar-refractivity contribution in [3.63, 3.8) is 0 Å². The lowest BCUT2D eigenvalue weighted by Gasteiger charge is -2.29. The fraction of sp³-hybridized carbons (Fsp3) is 0.667. The Bertz CT molecular complexity index is 773. The fourth-order valence-corrected chi connectivity index (χ4v) is 5.63. The monoisotopic (exact) mass is 408 g/mol. The Morgan fingerprint density at radius 2 is 1.96 bits per heavy atom. The second-order valence-electron chi connectivity index (χ2n) is 7.84. The second kappa shape index (κ2) is 9.74. The van der Waals surface area contributed by atoms with E-state index in [2.05, 4.69) is 5.32 Å². The van der Waals surface area contributed by atoms with E-state index >= 15 is 0 Å². The predicted octanol–water partition coefficient (Wildman–Crippen LogP) is 3.39. The van der Waals surface area contributed by atoms with Crippen molar-refractivity contribution < 1.29 is 17.9 Å². The maximum Gasteiger partial charge on any atom is 0.251 e. The Hall–Kier alpha value is -1.60. The number of anilines is 1. The van der Waals surface area contributed by atoms with Crippen LogP contribution in [-0.2, 0) is 14.8 Å². The van der Waals surface area contributed by atoms with Gasteiger partial charge in [-0.1, -0.05) is 25.3 Å². The molecule has 0 aromatic heterocycles. The minimum absolute atomic E-state index is 0.170. The summed E-state index contributed by atoms with van der Waals surface area (Å²) in [6.07, 6.45) is 8.82. The average Bonchev–Trinajstić information content (AvgIpc) is 2.69. The SMILES string of the molecule is Cc1ccc(C(=O)NCCCOC2CCCCC2)cc1N1CCCCS1(=O)=O. The van der Waals surface area contributed by atoms with Crippen LogP contribution in [0.4, 0.5) is 5.69 Å². The largest absolute Gasteiger partial charge is 0.378 e. The van der Waals surface area contributed by atoms with Crippen molar-refractivity contribution in [2.24, 2.45) is 0 Å². The highest BCUT2D eigenvalue weighted by Gasteiger charge is 2.27. The molecule has 1 saturated carbocycles.